The highest BCUT2D eigenvalue weighted by molar-refractivity contribution is 7.21. The summed E-state index contributed by atoms with van der Waals surface area (Å²) in [6.45, 7) is 3.70. The quantitative estimate of drug-likeness (QED) is 0.843. The molecule has 2 aromatic heterocycles. The largest absolute Gasteiger partial charge is 0.397 e. The fraction of sp³-hybridized carbons (Fsp3) is 0.385. The molecule has 90 valence electrons. The van der Waals surface area contributed by atoms with Crippen LogP contribution in [0.5, 0.6) is 0 Å². The first-order chi connectivity index (χ1) is 8.13. The molecule has 0 aromatic carbocycles. The van der Waals surface area contributed by atoms with E-state index in [4.69, 9.17) is 5.73 Å². The number of ketones is 1. The number of thiophene rings is 1. The second-order valence-corrected chi connectivity index (χ2v) is 5.16. The van der Waals surface area contributed by atoms with Gasteiger partial charge in [0.25, 0.3) is 0 Å². The van der Waals surface area contributed by atoms with Gasteiger partial charge >= 0.3 is 0 Å². The summed E-state index contributed by atoms with van der Waals surface area (Å²) >= 11 is 1.39. The van der Waals surface area contributed by atoms with E-state index >= 15 is 0 Å². The van der Waals surface area contributed by atoms with E-state index < -0.39 is 0 Å². The van der Waals surface area contributed by atoms with E-state index in [1.165, 1.54) is 11.3 Å². The summed E-state index contributed by atoms with van der Waals surface area (Å²) in [7, 11) is 0. The summed E-state index contributed by atoms with van der Waals surface area (Å²) in [4.78, 5) is 17.5. The van der Waals surface area contributed by atoms with Crippen LogP contribution < -0.4 is 5.73 Å². The van der Waals surface area contributed by atoms with Gasteiger partial charge in [0, 0.05) is 18.0 Å². The second-order valence-electron chi connectivity index (χ2n) is 4.16. The second kappa shape index (κ2) is 4.84. The molecule has 2 rings (SSSR count). The van der Waals surface area contributed by atoms with E-state index in [-0.39, 0.29) is 5.78 Å². The summed E-state index contributed by atoms with van der Waals surface area (Å²) in [6, 6.07) is 3.98. The van der Waals surface area contributed by atoms with E-state index in [1.807, 2.05) is 12.1 Å². The number of nitrogen functional groups attached to an aromatic ring is 1. The van der Waals surface area contributed by atoms with Gasteiger partial charge in [0.1, 0.15) is 4.83 Å². The third-order valence-electron chi connectivity index (χ3n) is 2.76. The van der Waals surface area contributed by atoms with Gasteiger partial charge in [0.15, 0.2) is 5.78 Å². The Morgan fingerprint density at radius 1 is 1.47 bits per heavy atom. The fourth-order valence-corrected chi connectivity index (χ4v) is 2.80. The van der Waals surface area contributed by atoms with E-state index in [9.17, 15) is 4.79 Å². The molecular weight excluding hydrogens is 232 g/mol. The first kappa shape index (κ1) is 12.0. The number of rotatable bonds is 4. The highest BCUT2D eigenvalue weighted by Crippen LogP contribution is 2.32. The molecule has 3 nitrogen and oxygen atoms in total. The molecule has 2 aromatic rings. The summed E-state index contributed by atoms with van der Waals surface area (Å²) in [5.74, 6) is 0.0145. The molecule has 0 bridgehead atoms. The lowest BCUT2D eigenvalue weighted by Gasteiger charge is -1.98. The number of hydrogen-bond acceptors (Lipinski definition) is 4. The van der Waals surface area contributed by atoms with Crippen LogP contribution in [-0.4, -0.2) is 10.8 Å². The maximum absolute atomic E-state index is 11.4. The first-order valence-electron chi connectivity index (χ1n) is 5.82. The van der Waals surface area contributed by atoms with Crippen LogP contribution in [0.2, 0.25) is 0 Å². The van der Waals surface area contributed by atoms with Crippen molar-refractivity contribution in [2.24, 2.45) is 0 Å². The lowest BCUT2D eigenvalue weighted by Crippen LogP contribution is -1.94. The Morgan fingerprint density at radius 2 is 2.24 bits per heavy atom. The van der Waals surface area contributed by atoms with Crippen LogP contribution >= 0.6 is 11.3 Å². The molecule has 17 heavy (non-hydrogen) atoms. The first-order valence-corrected chi connectivity index (χ1v) is 6.64. The van der Waals surface area contributed by atoms with Crippen LogP contribution in [0.15, 0.2) is 12.1 Å². The van der Waals surface area contributed by atoms with Crippen molar-refractivity contribution in [2.45, 2.75) is 33.1 Å². The molecule has 2 N–H and O–H groups in total. The van der Waals surface area contributed by atoms with Crippen molar-refractivity contribution in [1.29, 1.82) is 0 Å². The maximum atomic E-state index is 11.4. The van der Waals surface area contributed by atoms with Crippen LogP contribution in [0.3, 0.4) is 0 Å². The van der Waals surface area contributed by atoms with Gasteiger partial charge in [0.05, 0.1) is 10.6 Å². The van der Waals surface area contributed by atoms with E-state index in [0.717, 1.165) is 35.2 Å². The summed E-state index contributed by atoms with van der Waals surface area (Å²) in [5, 5.41) is 0.903. The van der Waals surface area contributed by atoms with Crippen LogP contribution in [0.4, 0.5) is 5.69 Å². The molecule has 4 heteroatoms. The number of aryl methyl sites for hydroxylation is 1. The highest BCUT2D eigenvalue weighted by Gasteiger charge is 2.13. The number of nitrogens with zero attached hydrogens (tertiary/aromatic N) is 1. The molecule has 2 heterocycles. The van der Waals surface area contributed by atoms with Crippen LogP contribution in [0.1, 0.15) is 42.1 Å². The maximum Gasteiger partial charge on any atom is 0.171 e. The smallest absolute Gasteiger partial charge is 0.171 e. The number of carbonyl (C=O) groups is 1. The number of pyridine rings is 1. The van der Waals surface area contributed by atoms with Crippen molar-refractivity contribution in [3.63, 3.8) is 0 Å². The Morgan fingerprint density at radius 3 is 2.88 bits per heavy atom. The Bertz CT molecular complexity index is 560. The SMILES string of the molecule is CCCCc1ccc2c(N)c(C(C)=O)sc2n1. The van der Waals surface area contributed by atoms with Gasteiger partial charge in [-0.2, -0.15) is 0 Å². The van der Waals surface area contributed by atoms with Crippen LogP contribution in [0, 0.1) is 0 Å². The van der Waals surface area contributed by atoms with Crippen molar-refractivity contribution in [2.75, 3.05) is 5.73 Å². The van der Waals surface area contributed by atoms with E-state index in [1.54, 1.807) is 6.92 Å². The monoisotopic (exact) mass is 248 g/mol. The highest BCUT2D eigenvalue weighted by atomic mass is 32.1. The molecule has 0 aliphatic heterocycles. The van der Waals surface area contributed by atoms with Crippen molar-refractivity contribution in [3.8, 4) is 0 Å². The lowest BCUT2D eigenvalue weighted by atomic mass is 10.1. The van der Waals surface area contributed by atoms with Crippen molar-refractivity contribution in [1.82, 2.24) is 4.98 Å². The minimum atomic E-state index is 0.0145. The average Bonchev–Trinajstić information content (AvgIpc) is 2.64. The Labute approximate surface area is 105 Å². The Balaban J connectivity index is 2.44. The zero-order chi connectivity index (χ0) is 12.4. The molecule has 0 saturated carbocycles. The zero-order valence-corrected chi connectivity index (χ0v) is 10.9. The number of hydrogen-bond donors (Lipinski definition) is 1. The molecule has 0 fully saturated rings. The third-order valence-corrected chi connectivity index (χ3v) is 3.97. The number of anilines is 1. The number of carbonyl (C=O) groups excluding carboxylic acids is 1. The Hall–Kier alpha value is -1.42. The minimum absolute atomic E-state index is 0.0145. The number of Topliss-reactive ketones (excluding diaryl/α,β-unsaturated/α-hetero) is 1. The van der Waals surface area contributed by atoms with Gasteiger partial charge in [-0.3, -0.25) is 4.79 Å². The van der Waals surface area contributed by atoms with Gasteiger partial charge in [-0.05, 0) is 25.0 Å². The number of aromatic nitrogens is 1. The minimum Gasteiger partial charge on any atom is -0.397 e. The summed E-state index contributed by atoms with van der Waals surface area (Å²) in [6.07, 6.45) is 3.28. The van der Waals surface area contributed by atoms with Gasteiger partial charge in [-0.15, -0.1) is 11.3 Å². The van der Waals surface area contributed by atoms with Gasteiger partial charge in [-0.1, -0.05) is 13.3 Å². The molecule has 0 spiro atoms. The lowest BCUT2D eigenvalue weighted by molar-refractivity contribution is 0.102. The molecule has 0 radical (unpaired) electrons. The van der Waals surface area contributed by atoms with Crippen molar-refractivity contribution >= 4 is 33.0 Å². The van der Waals surface area contributed by atoms with Gasteiger partial charge < -0.3 is 5.73 Å². The molecule has 0 atom stereocenters. The normalized spacial score (nSPS) is 10.9. The Kier molecular flexibility index (Phi) is 3.43. The van der Waals surface area contributed by atoms with E-state index in [2.05, 4.69) is 11.9 Å². The standard InChI is InChI=1S/C13H16N2OS/c1-3-4-5-9-6-7-10-11(14)12(8(2)16)17-13(10)15-9/h6-7H,3-5,14H2,1-2H3. The van der Waals surface area contributed by atoms with Gasteiger partial charge in [-0.25, -0.2) is 4.98 Å². The van der Waals surface area contributed by atoms with Gasteiger partial charge in [0.2, 0.25) is 0 Å². The molecule has 0 aliphatic carbocycles. The number of fused-ring (bicyclic) bond motifs is 1. The predicted octanol–water partition coefficient (Wildman–Crippen LogP) is 3.42. The predicted molar refractivity (Wildman–Crippen MR) is 72.6 cm³/mol. The molecular formula is C13H16N2OS. The van der Waals surface area contributed by atoms with Crippen LogP contribution in [-0.2, 0) is 6.42 Å². The molecule has 0 amide bonds. The molecule has 0 saturated heterocycles. The topological polar surface area (TPSA) is 56.0 Å². The zero-order valence-electron chi connectivity index (χ0n) is 10.1. The summed E-state index contributed by atoms with van der Waals surface area (Å²) < 4.78 is 0. The number of unbranched alkanes of at least 4 members (excludes halogenated alkanes) is 1. The van der Waals surface area contributed by atoms with E-state index in [0.29, 0.717) is 10.6 Å². The summed E-state index contributed by atoms with van der Waals surface area (Å²) in [5.41, 5.74) is 7.60. The molecule has 0 unspecified atom stereocenters. The van der Waals surface area contributed by atoms with Crippen molar-refractivity contribution in [3.05, 3.63) is 22.7 Å². The average molecular weight is 248 g/mol. The fourth-order valence-electron chi connectivity index (χ4n) is 1.79. The van der Waals surface area contributed by atoms with Crippen molar-refractivity contribution < 1.29 is 4.79 Å². The van der Waals surface area contributed by atoms with Crippen LogP contribution in [0.25, 0.3) is 10.2 Å². The number of nitrogens with two attached hydrogens (primary N) is 1. The molecule has 0 aliphatic rings. The third kappa shape index (κ3) is 2.31.